The maximum atomic E-state index is 5.43. The third-order valence-electron chi connectivity index (χ3n) is 4.47. The lowest BCUT2D eigenvalue weighted by Gasteiger charge is -2.14. The van der Waals surface area contributed by atoms with E-state index in [0.29, 0.717) is 6.04 Å². The normalized spacial score (nSPS) is 24.4. The van der Waals surface area contributed by atoms with Crippen LogP contribution in [-0.2, 0) is 17.6 Å². The van der Waals surface area contributed by atoms with Crippen molar-refractivity contribution in [3.8, 4) is 0 Å². The first-order valence-corrected chi connectivity index (χ1v) is 8.57. The van der Waals surface area contributed by atoms with E-state index in [1.807, 2.05) is 11.3 Å². The Balaban J connectivity index is 1.49. The molecule has 1 aromatic rings. The van der Waals surface area contributed by atoms with Gasteiger partial charge in [0.15, 0.2) is 0 Å². The molecule has 0 aromatic carbocycles. The van der Waals surface area contributed by atoms with Crippen molar-refractivity contribution in [1.82, 2.24) is 5.32 Å². The molecule has 0 saturated carbocycles. The van der Waals surface area contributed by atoms with Gasteiger partial charge in [0.05, 0.1) is 0 Å². The van der Waals surface area contributed by atoms with Crippen molar-refractivity contribution >= 4 is 11.3 Å². The van der Waals surface area contributed by atoms with Crippen molar-refractivity contribution in [1.29, 1.82) is 0 Å². The van der Waals surface area contributed by atoms with E-state index in [-0.39, 0.29) is 0 Å². The van der Waals surface area contributed by atoms with Gasteiger partial charge in [0.25, 0.3) is 0 Å². The molecule has 1 saturated heterocycles. The van der Waals surface area contributed by atoms with E-state index >= 15 is 0 Å². The summed E-state index contributed by atoms with van der Waals surface area (Å²) < 4.78 is 5.43. The Labute approximate surface area is 120 Å². The minimum atomic E-state index is 0.512. The molecule has 2 atom stereocenters. The molecule has 19 heavy (non-hydrogen) atoms. The zero-order valence-electron chi connectivity index (χ0n) is 11.9. The highest BCUT2D eigenvalue weighted by molar-refractivity contribution is 7.12. The van der Waals surface area contributed by atoms with E-state index in [2.05, 4.69) is 18.3 Å². The van der Waals surface area contributed by atoms with E-state index in [1.54, 1.807) is 10.4 Å². The lowest BCUT2D eigenvalue weighted by Crippen LogP contribution is -2.21. The molecule has 2 nitrogen and oxygen atoms in total. The third kappa shape index (κ3) is 3.39. The second-order valence-electron chi connectivity index (χ2n) is 6.00. The number of ether oxygens (including phenoxy) is 1. The van der Waals surface area contributed by atoms with Crippen LogP contribution in [0.1, 0.15) is 54.0 Å². The van der Waals surface area contributed by atoms with Crippen molar-refractivity contribution in [2.45, 2.75) is 51.5 Å². The molecule has 1 aromatic heterocycles. The van der Waals surface area contributed by atoms with Crippen LogP contribution in [0.2, 0.25) is 0 Å². The van der Waals surface area contributed by atoms with Gasteiger partial charge in [-0.3, -0.25) is 0 Å². The van der Waals surface area contributed by atoms with Gasteiger partial charge in [0.2, 0.25) is 0 Å². The molecular weight excluding hydrogens is 254 g/mol. The van der Waals surface area contributed by atoms with Crippen LogP contribution < -0.4 is 5.32 Å². The van der Waals surface area contributed by atoms with Crippen molar-refractivity contribution in [3.05, 3.63) is 21.4 Å². The van der Waals surface area contributed by atoms with Gasteiger partial charge in [0, 0.05) is 29.0 Å². The fourth-order valence-electron chi connectivity index (χ4n) is 3.14. The van der Waals surface area contributed by atoms with Crippen LogP contribution >= 0.6 is 11.3 Å². The Bertz CT molecular complexity index is 385. The number of hydrogen-bond donors (Lipinski definition) is 1. The summed E-state index contributed by atoms with van der Waals surface area (Å²) in [4.78, 5) is 3.19. The Morgan fingerprint density at radius 1 is 1.42 bits per heavy atom. The Morgan fingerprint density at radius 3 is 3.11 bits per heavy atom. The van der Waals surface area contributed by atoms with Gasteiger partial charge in [-0.25, -0.2) is 0 Å². The highest BCUT2D eigenvalue weighted by Gasteiger charge is 2.18. The Morgan fingerprint density at radius 2 is 2.32 bits per heavy atom. The van der Waals surface area contributed by atoms with Gasteiger partial charge in [-0.15, -0.1) is 11.3 Å². The van der Waals surface area contributed by atoms with Crippen molar-refractivity contribution in [2.24, 2.45) is 5.92 Å². The maximum Gasteiger partial charge on any atom is 0.0495 e. The van der Waals surface area contributed by atoms with E-state index in [1.165, 1.54) is 43.4 Å². The molecule has 1 N–H and O–H groups in total. The first-order valence-electron chi connectivity index (χ1n) is 7.75. The van der Waals surface area contributed by atoms with Crippen LogP contribution in [0.5, 0.6) is 0 Å². The van der Waals surface area contributed by atoms with Gasteiger partial charge in [0.1, 0.15) is 0 Å². The van der Waals surface area contributed by atoms with Gasteiger partial charge in [-0.2, -0.15) is 0 Å². The number of aryl methyl sites for hydroxylation is 2. The standard InChI is InChI=1S/C16H25NOS/c1-12(17-8-6-13-7-9-18-11-13)16-10-14-4-2-3-5-15(14)19-16/h10,12-13,17H,2-9,11H2,1H3. The second kappa shape index (κ2) is 6.38. The van der Waals surface area contributed by atoms with Gasteiger partial charge >= 0.3 is 0 Å². The smallest absolute Gasteiger partial charge is 0.0495 e. The molecule has 106 valence electrons. The summed E-state index contributed by atoms with van der Waals surface area (Å²) >= 11 is 2.04. The zero-order valence-corrected chi connectivity index (χ0v) is 12.7. The number of rotatable bonds is 5. The second-order valence-corrected chi connectivity index (χ2v) is 7.17. The van der Waals surface area contributed by atoms with Crippen LogP contribution in [0.3, 0.4) is 0 Å². The summed E-state index contributed by atoms with van der Waals surface area (Å²) in [5.74, 6) is 0.788. The van der Waals surface area contributed by atoms with E-state index in [4.69, 9.17) is 4.74 Å². The third-order valence-corrected chi connectivity index (χ3v) is 5.89. The topological polar surface area (TPSA) is 21.3 Å². The number of fused-ring (bicyclic) bond motifs is 1. The number of hydrogen-bond acceptors (Lipinski definition) is 3. The van der Waals surface area contributed by atoms with Crippen LogP contribution in [0.15, 0.2) is 6.07 Å². The van der Waals surface area contributed by atoms with E-state index < -0.39 is 0 Å². The van der Waals surface area contributed by atoms with Gasteiger partial charge < -0.3 is 10.1 Å². The maximum absolute atomic E-state index is 5.43. The largest absolute Gasteiger partial charge is 0.381 e. The SMILES string of the molecule is CC(NCCC1CCOC1)c1cc2c(s1)CCCC2. The lowest BCUT2D eigenvalue weighted by atomic mass is 9.99. The van der Waals surface area contributed by atoms with Crippen LogP contribution in [-0.4, -0.2) is 19.8 Å². The molecule has 0 radical (unpaired) electrons. The van der Waals surface area contributed by atoms with Crippen LogP contribution in [0.25, 0.3) is 0 Å². The lowest BCUT2D eigenvalue weighted by molar-refractivity contribution is 0.184. The minimum Gasteiger partial charge on any atom is -0.381 e. The fourth-order valence-corrected chi connectivity index (χ4v) is 4.43. The van der Waals surface area contributed by atoms with Crippen LogP contribution in [0, 0.1) is 5.92 Å². The molecular formula is C16H25NOS. The predicted octanol–water partition coefficient (Wildman–Crippen LogP) is 3.70. The van der Waals surface area contributed by atoms with Crippen molar-refractivity contribution < 1.29 is 4.74 Å². The average Bonchev–Trinajstić information content (AvgIpc) is 3.07. The highest BCUT2D eigenvalue weighted by atomic mass is 32.1. The summed E-state index contributed by atoms with van der Waals surface area (Å²) in [6.07, 6.45) is 7.89. The molecule has 1 fully saturated rings. The van der Waals surface area contributed by atoms with E-state index in [9.17, 15) is 0 Å². The van der Waals surface area contributed by atoms with Crippen molar-refractivity contribution in [2.75, 3.05) is 19.8 Å². The molecule has 2 unspecified atom stereocenters. The quantitative estimate of drug-likeness (QED) is 0.887. The summed E-state index contributed by atoms with van der Waals surface area (Å²) in [5.41, 5.74) is 1.63. The number of nitrogens with one attached hydrogen (secondary N) is 1. The molecule has 2 heterocycles. The summed E-state index contributed by atoms with van der Waals surface area (Å²) in [7, 11) is 0. The Hall–Kier alpha value is -0.380. The van der Waals surface area contributed by atoms with Gasteiger partial charge in [-0.1, -0.05) is 0 Å². The molecule has 0 bridgehead atoms. The Kier molecular flexibility index (Phi) is 4.57. The van der Waals surface area contributed by atoms with Crippen molar-refractivity contribution in [3.63, 3.8) is 0 Å². The summed E-state index contributed by atoms with van der Waals surface area (Å²) in [5, 5.41) is 3.69. The molecule has 2 aliphatic rings. The average molecular weight is 279 g/mol. The molecule has 1 aliphatic heterocycles. The zero-order chi connectivity index (χ0) is 13.1. The molecule has 3 rings (SSSR count). The number of thiophene rings is 1. The molecule has 0 spiro atoms. The summed E-state index contributed by atoms with van der Waals surface area (Å²) in [6.45, 7) is 5.38. The first-order chi connectivity index (χ1) is 9.33. The highest BCUT2D eigenvalue weighted by Crippen LogP contribution is 2.32. The minimum absolute atomic E-state index is 0.512. The summed E-state index contributed by atoms with van der Waals surface area (Å²) in [6, 6.07) is 2.97. The molecule has 0 amide bonds. The van der Waals surface area contributed by atoms with Gasteiger partial charge in [-0.05, 0) is 69.5 Å². The predicted molar refractivity (Wildman–Crippen MR) is 80.9 cm³/mol. The van der Waals surface area contributed by atoms with Crippen LogP contribution in [0.4, 0.5) is 0 Å². The molecule has 1 aliphatic carbocycles. The first kappa shape index (κ1) is 13.6. The monoisotopic (exact) mass is 279 g/mol. The van der Waals surface area contributed by atoms with E-state index in [0.717, 1.165) is 25.7 Å². The molecule has 3 heteroatoms. The fraction of sp³-hybridized carbons (Fsp3) is 0.750.